The lowest BCUT2D eigenvalue weighted by atomic mass is 10.0. The molecule has 112 valence electrons. The van der Waals surface area contributed by atoms with Gasteiger partial charge >= 0.3 is 0 Å². The molecule has 0 aromatic heterocycles. The fourth-order valence-corrected chi connectivity index (χ4v) is 1.95. The Kier molecular flexibility index (Phi) is 6.82. The highest BCUT2D eigenvalue weighted by Crippen LogP contribution is 2.27. The quantitative estimate of drug-likeness (QED) is 0.745. The fraction of sp³-hybridized carbons (Fsp3) is 0.375. The summed E-state index contributed by atoms with van der Waals surface area (Å²) in [5.74, 6) is 2.56. The molecule has 1 aromatic carbocycles. The van der Waals surface area contributed by atoms with E-state index in [1.165, 1.54) is 6.92 Å². The number of terminal acetylenes is 1. The van der Waals surface area contributed by atoms with Crippen LogP contribution in [-0.2, 0) is 9.59 Å². The molecule has 0 bridgehead atoms. The summed E-state index contributed by atoms with van der Waals surface area (Å²) < 4.78 is 5.55. The summed E-state index contributed by atoms with van der Waals surface area (Å²) in [6.07, 6.45) is 5.21. The van der Waals surface area contributed by atoms with Crippen LogP contribution in [0.1, 0.15) is 31.9 Å². The van der Waals surface area contributed by atoms with Gasteiger partial charge in [0, 0.05) is 12.5 Å². The van der Waals surface area contributed by atoms with Crippen LogP contribution in [0.5, 0.6) is 5.75 Å². The Balaban J connectivity index is 2.94. The molecule has 5 heteroatoms. The van der Waals surface area contributed by atoms with Gasteiger partial charge in [-0.3, -0.25) is 9.59 Å². The first-order chi connectivity index (χ1) is 10.1. The number of carbonyl (C=O) groups excluding carboxylic acids is 2. The predicted molar refractivity (Wildman–Crippen MR) is 80.6 cm³/mol. The Hall–Kier alpha value is -2.48. The van der Waals surface area contributed by atoms with Crippen LogP contribution in [0.4, 0.5) is 0 Å². The third-order valence-corrected chi connectivity index (χ3v) is 2.75. The highest BCUT2D eigenvalue weighted by Gasteiger charge is 2.20. The molecular weight excluding hydrogens is 268 g/mol. The number of para-hydroxylation sites is 1. The second kappa shape index (κ2) is 8.64. The summed E-state index contributed by atoms with van der Waals surface area (Å²) in [6, 6.07) is 6.87. The molecule has 1 unspecified atom stereocenters. The third kappa shape index (κ3) is 5.57. The molecule has 2 amide bonds. The second-order valence-corrected chi connectivity index (χ2v) is 4.41. The lowest BCUT2D eigenvalue weighted by Gasteiger charge is -2.20. The highest BCUT2D eigenvalue weighted by molar-refractivity contribution is 5.79. The van der Waals surface area contributed by atoms with Crippen LogP contribution in [0.25, 0.3) is 0 Å². The van der Waals surface area contributed by atoms with Gasteiger partial charge in [-0.05, 0) is 13.0 Å². The van der Waals surface area contributed by atoms with Crippen molar-refractivity contribution in [2.75, 3.05) is 13.2 Å². The first kappa shape index (κ1) is 16.6. The van der Waals surface area contributed by atoms with Crippen molar-refractivity contribution >= 4 is 11.8 Å². The molecule has 0 saturated heterocycles. The summed E-state index contributed by atoms with van der Waals surface area (Å²) in [5.41, 5.74) is 0.769. The van der Waals surface area contributed by atoms with Crippen molar-refractivity contribution < 1.29 is 14.3 Å². The Morgan fingerprint density at radius 1 is 1.38 bits per heavy atom. The van der Waals surface area contributed by atoms with Crippen molar-refractivity contribution in [2.24, 2.45) is 0 Å². The van der Waals surface area contributed by atoms with E-state index in [2.05, 4.69) is 16.6 Å². The van der Waals surface area contributed by atoms with Gasteiger partial charge in [-0.2, -0.15) is 0 Å². The molecule has 0 aliphatic heterocycles. The number of hydrogen-bond acceptors (Lipinski definition) is 3. The SMILES string of the molecule is C#CCNC(=O)CC(NC(C)=O)c1ccccc1OCC. The van der Waals surface area contributed by atoms with Crippen molar-refractivity contribution in [3.05, 3.63) is 29.8 Å². The Morgan fingerprint density at radius 3 is 2.71 bits per heavy atom. The van der Waals surface area contributed by atoms with E-state index in [4.69, 9.17) is 11.2 Å². The minimum absolute atomic E-state index is 0.103. The van der Waals surface area contributed by atoms with Crippen LogP contribution in [0.3, 0.4) is 0 Å². The van der Waals surface area contributed by atoms with Crippen molar-refractivity contribution in [3.8, 4) is 18.1 Å². The van der Waals surface area contributed by atoms with E-state index in [9.17, 15) is 9.59 Å². The van der Waals surface area contributed by atoms with Crippen LogP contribution in [0.15, 0.2) is 24.3 Å². The molecule has 5 nitrogen and oxygen atoms in total. The summed E-state index contributed by atoms with van der Waals surface area (Å²) in [4.78, 5) is 23.2. The number of hydrogen-bond donors (Lipinski definition) is 2. The Labute approximate surface area is 125 Å². The number of benzene rings is 1. The van der Waals surface area contributed by atoms with Gasteiger partial charge in [0.2, 0.25) is 11.8 Å². The maximum Gasteiger partial charge on any atom is 0.223 e. The van der Waals surface area contributed by atoms with Crippen LogP contribution in [0, 0.1) is 12.3 Å². The largest absolute Gasteiger partial charge is 0.494 e. The van der Waals surface area contributed by atoms with Gasteiger partial charge in [0.05, 0.1) is 25.6 Å². The van der Waals surface area contributed by atoms with Crippen molar-refractivity contribution in [1.82, 2.24) is 10.6 Å². The van der Waals surface area contributed by atoms with Crippen molar-refractivity contribution in [2.45, 2.75) is 26.3 Å². The zero-order valence-corrected chi connectivity index (χ0v) is 12.3. The molecule has 2 N–H and O–H groups in total. The molecule has 0 heterocycles. The van der Waals surface area contributed by atoms with Crippen LogP contribution in [-0.4, -0.2) is 25.0 Å². The zero-order valence-electron chi connectivity index (χ0n) is 12.3. The van der Waals surface area contributed by atoms with Crippen molar-refractivity contribution in [3.63, 3.8) is 0 Å². The van der Waals surface area contributed by atoms with Gasteiger partial charge in [-0.1, -0.05) is 24.1 Å². The van der Waals surface area contributed by atoms with Crippen LogP contribution in [0.2, 0.25) is 0 Å². The molecule has 1 rings (SSSR count). The second-order valence-electron chi connectivity index (χ2n) is 4.41. The lowest BCUT2D eigenvalue weighted by molar-refractivity contribution is -0.122. The molecule has 0 radical (unpaired) electrons. The third-order valence-electron chi connectivity index (χ3n) is 2.75. The number of nitrogens with one attached hydrogen (secondary N) is 2. The fourth-order valence-electron chi connectivity index (χ4n) is 1.95. The molecule has 21 heavy (non-hydrogen) atoms. The lowest BCUT2D eigenvalue weighted by Crippen LogP contribution is -2.33. The van der Waals surface area contributed by atoms with Gasteiger partial charge in [0.15, 0.2) is 0 Å². The number of amides is 2. The highest BCUT2D eigenvalue weighted by atomic mass is 16.5. The first-order valence-electron chi connectivity index (χ1n) is 6.77. The molecule has 0 aliphatic carbocycles. The predicted octanol–water partition coefficient (Wildman–Crippen LogP) is 1.40. The summed E-state index contributed by atoms with van der Waals surface area (Å²) in [5, 5.41) is 5.36. The molecule has 1 atom stereocenters. The van der Waals surface area contributed by atoms with E-state index in [-0.39, 0.29) is 24.8 Å². The normalized spacial score (nSPS) is 11.1. The monoisotopic (exact) mass is 288 g/mol. The number of rotatable bonds is 7. The minimum Gasteiger partial charge on any atom is -0.494 e. The van der Waals surface area contributed by atoms with Gasteiger partial charge in [-0.25, -0.2) is 0 Å². The average molecular weight is 288 g/mol. The van der Waals surface area contributed by atoms with Gasteiger partial charge in [0.1, 0.15) is 5.75 Å². The molecule has 1 aromatic rings. The smallest absolute Gasteiger partial charge is 0.223 e. The Morgan fingerprint density at radius 2 is 2.10 bits per heavy atom. The average Bonchev–Trinajstić information content (AvgIpc) is 2.45. The first-order valence-corrected chi connectivity index (χ1v) is 6.77. The van der Waals surface area contributed by atoms with Gasteiger partial charge < -0.3 is 15.4 Å². The van der Waals surface area contributed by atoms with Gasteiger partial charge in [-0.15, -0.1) is 6.42 Å². The molecule has 0 fully saturated rings. The van der Waals surface area contributed by atoms with Crippen molar-refractivity contribution in [1.29, 1.82) is 0 Å². The van der Waals surface area contributed by atoms with E-state index in [0.717, 1.165) is 5.56 Å². The van der Waals surface area contributed by atoms with Gasteiger partial charge in [0.25, 0.3) is 0 Å². The maximum atomic E-state index is 11.8. The molecular formula is C16H20N2O3. The van der Waals surface area contributed by atoms with E-state index in [1.54, 1.807) is 0 Å². The van der Waals surface area contributed by atoms with E-state index < -0.39 is 6.04 Å². The molecule has 0 aliphatic rings. The van der Waals surface area contributed by atoms with E-state index in [0.29, 0.717) is 12.4 Å². The minimum atomic E-state index is -0.456. The summed E-state index contributed by atoms with van der Waals surface area (Å²) in [6.45, 7) is 3.96. The van der Waals surface area contributed by atoms with E-state index in [1.807, 2.05) is 31.2 Å². The molecule has 0 saturated carbocycles. The standard InChI is InChI=1S/C16H20N2O3/c1-4-10-17-16(20)11-14(18-12(3)19)13-8-6-7-9-15(13)21-5-2/h1,6-9,14H,5,10-11H2,2-3H3,(H,17,20)(H,18,19). The Bertz CT molecular complexity index is 535. The number of carbonyl (C=O) groups is 2. The molecule has 0 spiro atoms. The zero-order chi connectivity index (χ0) is 15.7. The maximum absolute atomic E-state index is 11.8. The topological polar surface area (TPSA) is 67.4 Å². The van der Waals surface area contributed by atoms with Crippen LogP contribution < -0.4 is 15.4 Å². The number of ether oxygens (including phenoxy) is 1. The van der Waals surface area contributed by atoms with E-state index >= 15 is 0 Å². The van der Waals surface area contributed by atoms with Crippen LogP contribution >= 0.6 is 0 Å². The summed E-state index contributed by atoms with van der Waals surface area (Å²) >= 11 is 0. The summed E-state index contributed by atoms with van der Waals surface area (Å²) in [7, 11) is 0.